The number of halogens is 4. The molecule has 5 rings (SSSR count). The lowest BCUT2D eigenvalue weighted by Gasteiger charge is -2.30. The molecule has 0 heterocycles. The summed E-state index contributed by atoms with van der Waals surface area (Å²) in [6.07, 6.45) is 9.38. The first-order valence-corrected chi connectivity index (χ1v) is 15.8. The van der Waals surface area contributed by atoms with E-state index in [0.717, 1.165) is 31.8 Å². The maximum Gasteiger partial charge on any atom is 0.123 e. The van der Waals surface area contributed by atoms with E-state index in [-0.39, 0.29) is 23.3 Å². The van der Waals surface area contributed by atoms with Crippen molar-refractivity contribution in [1.29, 1.82) is 0 Å². The Hall–Kier alpha value is -3.58. The molecule has 38 heavy (non-hydrogen) atoms. The van der Waals surface area contributed by atoms with Crippen molar-refractivity contribution in [3.8, 4) is 0 Å². The van der Waals surface area contributed by atoms with Crippen LogP contribution < -0.4 is 31.8 Å². The lowest BCUT2D eigenvalue weighted by molar-refractivity contribution is 0.628. The average Bonchev–Trinajstić information content (AvgIpc) is 2.94. The Morgan fingerprint density at radius 2 is 0.579 bits per heavy atom. The zero-order valence-corrected chi connectivity index (χ0v) is 22.2. The van der Waals surface area contributed by atoms with Gasteiger partial charge in [0, 0.05) is 0 Å². The highest BCUT2D eigenvalue weighted by atomic mass is 31.2. The van der Waals surface area contributed by atoms with Crippen LogP contribution in [-0.2, 0) is 0 Å². The SMILES string of the molecule is C=P(c1ccc(F)cc1)(c1ccc(F)cc1)c1cccc(P(=C)(c2ccc(F)cc2)c2ccc(F)cc2)c1. The molecule has 0 atom stereocenters. The summed E-state index contributed by atoms with van der Waals surface area (Å²) in [6, 6.07) is 32.9. The zero-order chi connectivity index (χ0) is 26.9. The Morgan fingerprint density at radius 1 is 0.342 bits per heavy atom. The summed E-state index contributed by atoms with van der Waals surface area (Å²) in [7, 11) is 0. The van der Waals surface area contributed by atoms with Crippen LogP contribution in [0, 0.1) is 23.3 Å². The maximum absolute atomic E-state index is 13.9. The second-order valence-electron chi connectivity index (χ2n) is 9.05. The van der Waals surface area contributed by atoms with Gasteiger partial charge in [-0.2, -0.15) is 0 Å². The summed E-state index contributed by atoms with van der Waals surface area (Å²) in [5.74, 6) is -1.43. The van der Waals surface area contributed by atoms with Gasteiger partial charge < -0.3 is 0 Å². The first-order valence-electron chi connectivity index (χ1n) is 11.8. The fourth-order valence-corrected chi connectivity index (χ4v) is 10.6. The van der Waals surface area contributed by atoms with E-state index >= 15 is 0 Å². The van der Waals surface area contributed by atoms with E-state index in [1.807, 2.05) is 24.3 Å². The maximum atomic E-state index is 13.9. The molecule has 5 aromatic rings. The molecule has 0 saturated carbocycles. The number of hydrogen-bond acceptors (Lipinski definition) is 0. The predicted molar refractivity (Wildman–Crippen MR) is 158 cm³/mol. The van der Waals surface area contributed by atoms with Gasteiger partial charge in [0.15, 0.2) is 0 Å². The number of benzene rings is 5. The minimum atomic E-state index is -2.57. The second-order valence-corrected chi connectivity index (χ2v) is 15.4. The van der Waals surface area contributed by atoms with E-state index in [1.165, 1.54) is 48.5 Å². The number of rotatable bonds is 6. The summed E-state index contributed by atoms with van der Waals surface area (Å²) in [5.41, 5.74) is 0. The van der Waals surface area contributed by atoms with Crippen LogP contribution >= 0.6 is 13.8 Å². The fourth-order valence-electron chi connectivity index (χ4n) is 4.64. The van der Waals surface area contributed by atoms with Gasteiger partial charge in [0.2, 0.25) is 0 Å². The predicted octanol–water partition coefficient (Wildman–Crippen LogP) is 5.69. The summed E-state index contributed by atoms with van der Waals surface area (Å²) >= 11 is 0. The fraction of sp³-hybridized carbons (Fsp3) is 0. The van der Waals surface area contributed by atoms with Crippen molar-refractivity contribution in [3.05, 3.63) is 145 Å². The lowest BCUT2D eigenvalue weighted by atomic mass is 10.3. The van der Waals surface area contributed by atoms with Crippen LogP contribution in [0.3, 0.4) is 0 Å². The standard InChI is InChI=1S/C32H24F4P2/c1-37(27-14-6-23(33)7-15-27,28-16-8-24(34)9-17-28)31-4-3-5-32(22-31)38(2,29-18-10-25(35)11-19-29)30-20-12-26(36)13-21-30/h3-22H,1-2H2. The van der Waals surface area contributed by atoms with Crippen LogP contribution in [0.2, 0.25) is 0 Å². The molecule has 0 fully saturated rings. The Labute approximate surface area is 220 Å². The summed E-state index contributed by atoms with van der Waals surface area (Å²) in [4.78, 5) is 0. The monoisotopic (exact) mass is 546 g/mol. The molecule has 0 N–H and O–H groups in total. The van der Waals surface area contributed by atoms with Gasteiger partial charge in [-0.1, -0.05) is 79.3 Å². The van der Waals surface area contributed by atoms with Crippen molar-refractivity contribution in [2.75, 3.05) is 0 Å². The molecule has 0 aliphatic heterocycles. The average molecular weight is 546 g/mol. The van der Waals surface area contributed by atoms with Gasteiger partial charge in [0.25, 0.3) is 0 Å². The first-order chi connectivity index (χ1) is 18.2. The highest BCUT2D eigenvalue weighted by molar-refractivity contribution is 7.94. The molecule has 0 radical (unpaired) electrons. The topological polar surface area (TPSA) is 0 Å². The van der Waals surface area contributed by atoms with Crippen molar-refractivity contribution in [3.63, 3.8) is 0 Å². The molecule has 0 nitrogen and oxygen atoms in total. The molecule has 5 aromatic carbocycles. The van der Waals surface area contributed by atoms with Gasteiger partial charge >= 0.3 is 0 Å². The summed E-state index contributed by atoms with van der Waals surface area (Å²) < 4.78 is 55.5. The number of hydrogen-bond donors (Lipinski definition) is 0. The molecule has 0 aromatic heterocycles. The Morgan fingerprint density at radius 3 is 0.816 bits per heavy atom. The van der Waals surface area contributed by atoms with Gasteiger partial charge in [0.05, 0.1) is 0 Å². The molecule has 0 aliphatic carbocycles. The van der Waals surface area contributed by atoms with Crippen molar-refractivity contribution in [1.82, 2.24) is 0 Å². The highest BCUT2D eigenvalue weighted by Crippen LogP contribution is 2.45. The van der Waals surface area contributed by atoms with Gasteiger partial charge in [-0.3, -0.25) is 0 Å². The van der Waals surface area contributed by atoms with Gasteiger partial charge in [-0.25, -0.2) is 17.6 Å². The third-order valence-corrected chi connectivity index (χ3v) is 13.8. The van der Waals surface area contributed by atoms with Gasteiger partial charge in [0.1, 0.15) is 23.3 Å². The van der Waals surface area contributed by atoms with Crippen LogP contribution in [-0.4, -0.2) is 12.6 Å². The minimum Gasteiger partial charge on any atom is -0.207 e. The lowest BCUT2D eigenvalue weighted by Crippen LogP contribution is -2.31. The van der Waals surface area contributed by atoms with Crippen LogP contribution in [0.4, 0.5) is 17.6 Å². The van der Waals surface area contributed by atoms with E-state index in [4.69, 9.17) is 12.6 Å². The van der Waals surface area contributed by atoms with Crippen LogP contribution in [0.15, 0.2) is 121 Å². The molecule has 0 spiro atoms. The summed E-state index contributed by atoms with van der Waals surface area (Å²) in [5, 5.41) is 5.12. The van der Waals surface area contributed by atoms with E-state index in [0.29, 0.717) is 0 Å². The smallest absolute Gasteiger partial charge is 0.123 e. The Balaban J connectivity index is 1.76. The Kier molecular flexibility index (Phi) is 7.05. The van der Waals surface area contributed by atoms with Crippen molar-refractivity contribution in [2.24, 2.45) is 0 Å². The molecular formula is C32H24F4P2. The first kappa shape index (κ1) is 26.0. The van der Waals surface area contributed by atoms with E-state index in [9.17, 15) is 17.6 Å². The van der Waals surface area contributed by atoms with Crippen molar-refractivity contribution < 1.29 is 17.6 Å². The second kappa shape index (κ2) is 10.3. The molecule has 0 saturated heterocycles. The van der Waals surface area contributed by atoms with Gasteiger partial charge in [-0.15, -0.1) is 0 Å². The van der Waals surface area contributed by atoms with Gasteiger partial charge in [-0.05, 0) is 100 Å². The highest BCUT2D eigenvalue weighted by Gasteiger charge is 2.27. The van der Waals surface area contributed by atoms with E-state index in [2.05, 4.69) is 0 Å². The third kappa shape index (κ3) is 4.71. The molecule has 190 valence electrons. The van der Waals surface area contributed by atoms with Crippen molar-refractivity contribution >= 4 is 58.2 Å². The third-order valence-electron chi connectivity index (χ3n) is 6.78. The molecule has 0 amide bonds. The normalized spacial score (nSPS) is 11.9. The molecule has 0 unspecified atom stereocenters. The van der Waals surface area contributed by atoms with E-state index in [1.54, 1.807) is 48.5 Å². The molecule has 0 aliphatic rings. The molecule has 0 bridgehead atoms. The zero-order valence-electron chi connectivity index (χ0n) is 20.4. The molecular weight excluding hydrogens is 522 g/mol. The quantitative estimate of drug-likeness (QED) is 0.190. The summed E-state index contributed by atoms with van der Waals surface area (Å²) in [6.45, 7) is -5.15. The molecule has 6 heteroatoms. The van der Waals surface area contributed by atoms with Crippen LogP contribution in [0.5, 0.6) is 0 Å². The minimum absolute atomic E-state index is 0.358. The van der Waals surface area contributed by atoms with Crippen molar-refractivity contribution in [2.45, 2.75) is 0 Å². The van der Waals surface area contributed by atoms with Crippen LogP contribution in [0.25, 0.3) is 0 Å². The Bertz CT molecular complexity index is 1450. The van der Waals surface area contributed by atoms with E-state index < -0.39 is 13.8 Å². The largest absolute Gasteiger partial charge is 0.207 e. The van der Waals surface area contributed by atoms with Crippen LogP contribution in [0.1, 0.15) is 0 Å².